The van der Waals surface area contributed by atoms with Gasteiger partial charge in [0.2, 0.25) is 0 Å². The molecule has 1 aliphatic rings. The number of rotatable bonds is 3. The van der Waals surface area contributed by atoms with Gasteiger partial charge in [0.05, 0.1) is 0 Å². The monoisotopic (exact) mass is 327 g/mol. The Morgan fingerprint density at radius 1 is 1.35 bits per heavy atom. The summed E-state index contributed by atoms with van der Waals surface area (Å²) in [6, 6.07) is 4.48. The average Bonchev–Trinajstić information content (AvgIpc) is 2.93. The van der Waals surface area contributed by atoms with Crippen LogP contribution >= 0.6 is 0 Å². The third-order valence-electron chi connectivity index (χ3n) is 3.91. The molecule has 2 aromatic rings. The second kappa shape index (κ2) is 6.19. The molecule has 3 heterocycles. The Balaban J connectivity index is 1.84. The Hall–Kier alpha value is -2.09. The molecule has 1 saturated heterocycles. The first-order chi connectivity index (χ1) is 11.0. The fourth-order valence-corrected chi connectivity index (χ4v) is 2.70. The van der Waals surface area contributed by atoms with Gasteiger partial charge in [-0.2, -0.15) is 13.2 Å². The van der Waals surface area contributed by atoms with Gasteiger partial charge in [0.25, 0.3) is 5.91 Å². The molecule has 1 fully saturated rings. The Morgan fingerprint density at radius 2 is 2.09 bits per heavy atom. The first kappa shape index (κ1) is 15.8. The molecule has 0 radical (unpaired) electrons. The molecule has 0 aromatic carbocycles. The highest BCUT2D eigenvalue weighted by Crippen LogP contribution is 2.32. The molecule has 5 nitrogen and oxygen atoms in total. The van der Waals surface area contributed by atoms with Gasteiger partial charge >= 0.3 is 6.18 Å². The third-order valence-corrected chi connectivity index (χ3v) is 3.91. The molecule has 1 aliphatic heterocycles. The van der Waals surface area contributed by atoms with Gasteiger partial charge < -0.3 is 10.1 Å². The molecule has 0 bridgehead atoms. The van der Waals surface area contributed by atoms with Crippen LogP contribution in [0.25, 0.3) is 5.65 Å². The predicted molar refractivity (Wildman–Crippen MR) is 76.1 cm³/mol. The summed E-state index contributed by atoms with van der Waals surface area (Å²) in [5.41, 5.74) is -1.54. The van der Waals surface area contributed by atoms with Crippen molar-refractivity contribution in [2.45, 2.75) is 19.0 Å². The maximum absolute atomic E-state index is 13.3. The second-order valence-corrected chi connectivity index (χ2v) is 5.50. The van der Waals surface area contributed by atoms with Crippen molar-refractivity contribution in [2.75, 3.05) is 19.8 Å². The van der Waals surface area contributed by atoms with Crippen molar-refractivity contribution in [2.24, 2.45) is 5.92 Å². The van der Waals surface area contributed by atoms with E-state index in [0.717, 1.165) is 17.2 Å². The van der Waals surface area contributed by atoms with Gasteiger partial charge in [0.1, 0.15) is 5.65 Å². The van der Waals surface area contributed by atoms with Crippen molar-refractivity contribution in [3.8, 4) is 0 Å². The van der Waals surface area contributed by atoms with Crippen molar-refractivity contribution < 1.29 is 22.7 Å². The highest BCUT2D eigenvalue weighted by atomic mass is 19.4. The van der Waals surface area contributed by atoms with Gasteiger partial charge in [0, 0.05) is 26.0 Å². The molecule has 0 saturated carbocycles. The molecule has 0 spiro atoms. The van der Waals surface area contributed by atoms with E-state index in [0.29, 0.717) is 19.8 Å². The summed E-state index contributed by atoms with van der Waals surface area (Å²) >= 11 is 0. The number of aromatic nitrogens is 2. The third kappa shape index (κ3) is 3.31. The Bertz CT molecular complexity index is 706. The molecular formula is C15H16F3N3O2. The van der Waals surface area contributed by atoms with Crippen LogP contribution in [0, 0.1) is 5.92 Å². The molecule has 2 aromatic heterocycles. The van der Waals surface area contributed by atoms with Crippen LogP contribution in [0.4, 0.5) is 13.2 Å². The summed E-state index contributed by atoms with van der Waals surface area (Å²) in [4.78, 5) is 16.1. The number of hydrogen-bond acceptors (Lipinski definition) is 3. The predicted octanol–water partition coefficient (Wildman–Crippen LogP) is 2.51. The standard InChI is InChI=1S/C15H16F3N3O2/c16-15(17,18)13-12(20-11-3-1-2-6-21(11)13)14(22)19-9-10-4-7-23-8-5-10/h1-3,6,10H,4-5,7-9H2,(H,19,22). The van der Waals surface area contributed by atoms with Crippen molar-refractivity contribution in [3.05, 3.63) is 35.8 Å². The number of nitrogens with zero attached hydrogens (tertiary/aromatic N) is 2. The van der Waals surface area contributed by atoms with Crippen LogP contribution in [0.2, 0.25) is 0 Å². The van der Waals surface area contributed by atoms with Gasteiger partial charge in [-0.3, -0.25) is 9.20 Å². The number of imidazole rings is 1. The topological polar surface area (TPSA) is 55.6 Å². The van der Waals surface area contributed by atoms with Crippen LogP contribution in [0.3, 0.4) is 0 Å². The number of carbonyl (C=O) groups excluding carboxylic acids is 1. The van der Waals surface area contributed by atoms with Crippen LogP contribution in [-0.2, 0) is 10.9 Å². The highest BCUT2D eigenvalue weighted by Gasteiger charge is 2.40. The summed E-state index contributed by atoms with van der Waals surface area (Å²) in [5, 5.41) is 2.57. The summed E-state index contributed by atoms with van der Waals surface area (Å²) in [6.45, 7) is 1.55. The molecule has 3 rings (SSSR count). The lowest BCUT2D eigenvalue weighted by molar-refractivity contribution is -0.142. The summed E-state index contributed by atoms with van der Waals surface area (Å²) < 4.78 is 46.0. The number of nitrogens with one attached hydrogen (secondary N) is 1. The van der Waals surface area contributed by atoms with Crippen LogP contribution in [0.15, 0.2) is 24.4 Å². The van der Waals surface area contributed by atoms with Crippen molar-refractivity contribution in [1.82, 2.24) is 14.7 Å². The number of hydrogen-bond donors (Lipinski definition) is 1. The molecule has 8 heteroatoms. The number of halogens is 3. The maximum atomic E-state index is 13.3. The molecule has 1 amide bonds. The zero-order chi connectivity index (χ0) is 16.4. The van der Waals surface area contributed by atoms with E-state index < -0.39 is 23.5 Å². The smallest absolute Gasteiger partial charge is 0.381 e. The summed E-state index contributed by atoms with van der Waals surface area (Å²) in [5.74, 6) is -0.577. The summed E-state index contributed by atoms with van der Waals surface area (Å²) in [6.07, 6.45) is -1.83. The number of alkyl halides is 3. The first-order valence-corrected chi connectivity index (χ1v) is 7.37. The van der Waals surface area contributed by atoms with Gasteiger partial charge in [-0.25, -0.2) is 4.98 Å². The maximum Gasteiger partial charge on any atom is 0.434 e. The van der Waals surface area contributed by atoms with Gasteiger partial charge in [-0.15, -0.1) is 0 Å². The Kier molecular flexibility index (Phi) is 4.25. The fraction of sp³-hybridized carbons (Fsp3) is 0.467. The number of carbonyl (C=O) groups is 1. The second-order valence-electron chi connectivity index (χ2n) is 5.50. The van der Waals surface area contributed by atoms with E-state index in [1.807, 2.05) is 0 Å². The Labute approximate surface area is 130 Å². The van der Waals surface area contributed by atoms with E-state index >= 15 is 0 Å². The van der Waals surface area contributed by atoms with E-state index in [9.17, 15) is 18.0 Å². The zero-order valence-corrected chi connectivity index (χ0v) is 12.3. The van der Waals surface area contributed by atoms with Crippen LogP contribution < -0.4 is 5.32 Å². The highest BCUT2D eigenvalue weighted by molar-refractivity contribution is 5.94. The van der Waals surface area contributed by atoms with E-state index in [-0.39, 0.29) is 11.6 Å². The van der Waals surface area contributed by atoms with E-state index in [1.54, 1.807) is 6.07 Å². The molecule has 1 N–H and O–H groups in total. The number of fused-ring (bicyclic) bond motifs is 1. The molecule has 124 valence electrons. The number of amides is 1. The van der Waals surface area contributed by atoms with E-state index in [2.05, 4.69) is 10.3 Å². The minimum absolute atomic E-state index is 0.0936. The van der Waals surface area contributed by atoms with Crippen LogP contribution in [-0.4, -0.2) is 35.1 Å². The minimum atomic E-state index is -4.66. The zero-order valence-electron chi connectivity index (χ0n) is 12.3. The van der Waals surface area contributed by atoms with E-state index in [4.69, 9.17) is 4.74 Å². The molecule has 0 atom stereocenters. The fourth-order valence-electron chi connectivity index (χ4n) is 2.70. The lowest BCUT2D eigenvalue weighted by Crippen LogP contribution is -2.33. The molecule has 0 unspecified atom stereocenters. The Morgan fingerprint density at radius 3 is 2.78 bits per heavy atom. The van der Waals surface area contributed by atoms with Crippen LogP contribution in [0.5, 0.6) is 0 Å². The van der Waals surface area contributed by atoms with Gasteiger partial charge in [-0.1, -0.05) is 6.07 Å². The van der Waals surface area contributed by atoms with Crippen molar-refractivity contribution in [1.29, 1.82) is 0 Å². The average molecular weight is 327 g/mol. The molecule has 0 aliphatic carbocycles. The van der Waals surface area contributed by atoms with Crippen LogP contribution in [0.1, 0.15) is 29.0 Å². The van der Waals surface area contributed by atoms with Crippen molar-refractivity contribution in [3.63, 3.8) is 0 Å². The SMILES string of the molecule is O=C(NCC1CCOCC1)c1nc2ccccn2c1C(F)(F)F. The molecular weight excluding hydrogens is 311 g/mol. The van der Waals surface area contributed by atoms with Gasteiger partial charge in [-0.05, 0) is 30.9 Å². The minimum Gasteiger partial charge on any atom is -0.381 e. The lowest BCUT2D eigenvalue weighted by atomic mass is 10.0. The first-order valence-electron chi connectivity index (χ1n) is 7.37. The number of ether oxygens (including phenoxy) is 1. The number of pyridine rings is 1. The van der Waals surface area contributed by atoms with Crippen molar-refractivity contribution >= 4 is 11.6 Å². The summed E-state index contributed by atoms with van der Waals surface area (Å²) in [7, 11) is 0. The normalized spacial score (nSPS) is 16.7. The lowest BCUT2D eigenvalue weighted by Gasteiger charge is -2.22. The molecule has 23 heavy (non-hydrogen) atoms. The quantitative estimate of drug-likeness (QED) is 0.942. The van der Waals surface area contributed by atoms with Gasteiger partial charge in [0.15, 0.2) is 11.4 Å². The van der Waals surface area contributed by atoms with E-state index in [1.165, 1.54) is 18.3 Å². The largest absolute Gasteiger partial charge is 0.434 e.